The SMILES string of the molecule is CCO[PH](=O)C(N)=O.N. The molecule has 5 N–H and O–H groups in total. The summed E-state index contributed by atoms with van der Waals surface area (Å²) in [7, 11) is -2.57. The molecule has 0 aliphatic rings. The molecule has 1 atom stereocenters. The fourth-order valence-electron chi connectivity index (χ4n) is 0.202. The fourth-order valence-corrected chi connectivity index (χ4v) is 0.607. The highest BCUT2D eigenvalue weighted by Gasteiger charge is 2.02. The third-order valence-corrected chi connectivity index (χ3v) is 1.43. The Morgan fingerprint density at radius 1 is 1.78 bits per heavy atom. The number of rotatable bonds is 3. The molecule has 0 fully saturated rings. The van der Waals surface area contributed by atoms with Crippen molar-refractivity contribution >= 4 is 13.7 Å². The van der Waals surface area contributed by atoms with Crippen LogP contribution in [0.1, 0.15) is 6.92 Å². The Labute approximate surface area is 54.0 Å². The zero-order valence-electron chi connectivity index (χ0n) is 5.22. The Balaban J connectivity index is 0. The standard InChI is InChI=1S/C3H8NO3P.H3N/c1-2-7-8(6)3(4)5;/h8H,2H2,1H3,(H2,4,5);1H3. The molecule has 56 valence electrons. The molecule has 0 bridgehead atoms. The Hall–Kier alpha value is -0.380. The first-order valence-electron chi connectivity index (χ1n) is 2.15. The first-order chi connectivity index (χ1) is 3.68. The van der Waals surface area contributed by atoms with Gasteiger partial charge in [-0.1, -0.05) is 0 Å². The number of primary amides is 1. The van der Waals surface area contributed by atoms with Crippen molar-refractivity contribution in [1.82, 2.24) is 6.15 Å². The van der Waals surface area contributed by atoms with E-state index in [-0.39, 0.29) is 12.8 Å². The molecule has 0 rings (SSSR count). The summed E-state index contributed by atoms with van der Waals surface area (Å²) >= 11 is 0. The van der Waals surface area contributed by atoms with Crippen molar-refractivity contribution in [3.8, 4) is 0 Å². The molecule has 6 heteroatoms. The quantitative estimate of drug-likeness (QED) is 0.584. The van der Waals surface area contributed by atoms with Gasteiger partial charge in [0.25, 0.3) is 13.7 Å². The van der Waals surface area contributed by atoms with Crippen LogP contribution in [0.15, 0.2) is 0 Å². The number of hydrogen-bond donors (Lipinski definition) is 2. The smallest absolute Gasteiger partial charge is 0.300 e. The highest BCUT2D eigenvalue weighted by Crippen LogP contribution is 2.19. The van der Waals surface area contributed by atoms with Crippen molar-refractivity contribution in [3.05, 3.63) is 0 Å². The predicted octanol–water partition coefficient (Wildman–Crippen LogP) is 0.738. The van der Waals surface area contributed by atoms with Gasteiger partial charge in [0.15, 0.2) is 0 Å². The molecule has 0 radical (unpaired) electrons. The zero-order chi connectivity index (χ0) is 6.57. The summed E-state index contributed by atoms with van der Waals surface area (Å²) in [5.41, 5.74) is 3.73. The molecule has 0 aromatic rings. The van der Waals surface area contributed by atoms with Gasteiger partial charge in [-0.3, -0.25) is 9.36 Å². The van der Waals surface area contributed by atoms with Crippen LogP contribution in [0.5, 0.6) is 0 Å². The van der Waals surface area contributed by atoms with E-state index in [9.17, 15) is 9.36 Å². The minimum atomic E-state index is -2.57. The molecule has 5 nitrogen and oxygen atoms in total. The molecular weight excluding hydrogens is 143 g/mol. The largest absolute Gasteiger partial charge is 0.361 e. The molecule has 0 saturated heterocycles. The lowest BCUT2D eigenvalue weighted by Gasteiger charge is -1.92. The topological polar surface area (TPSA) is 104 Å². The summed E-state index contributed by atoms with van der Waals surface area (Å²) < 4.78 is 14.6. The van der Waals surface area contributed by atoms with Crippen LogP contribution >= 0.6 is 8.03 Å². The van der Waals surface area contributed by atoms with Gasteiger partial charge in [-0.2, -0.15) is 0 Å². The van der Waals surface area contributed by atoms with Gasteiger partial charge in [-0.25, -0.2) is 0 Å². The number of nitrogens with two attached hydrogens (primary N) is 1. The molecule has 0 aliphatic heterocycles. The van der Waals surface area contributed by atoms with Crippen LogP contribution in [0.3, 0.4) is 0 Å². The molecule has 0 heterocycles. The minimum absolute atomic E-state index is 0. The molecule has 0 aromatic heterocycles. The summed E-state index contributed by atoms with van der Waals surface area (Å²) in [6.45, 7) is 1.91. The number of hydrogen-bond acceptors (Lipinski definition) is 4. The summed E-state index contributed by atoms with van der Waals surface area (Å²) in [5, 5.41) is 0. The number of carbonyl (C=O) groups is 1. The van der Waals surface area contributed by atoms with Crippen molar-refractivity contribution < 1.29 is 13.9 Å². The second kappa shape index (κ2) is 5.75. The van der Waals surface area contributed by atoms with Crippen LogP contribution in [0, 0.1) is 0 Å². The Morgan fingerprint density at radius 3 is 2.33 bits per heavy atom. The fraction of sp³-hybridized carbons (Fsp3) is 0.667. The number of carbonyl (C=O) groups excluding carboxylic acids is 1. The van der Waals surface area contributed by atoms with Gasteiger partial charge < -0.3 is 16.4 Å². The van der Waals surface area contributed by atoms with Crippen LogP contribution in [0.2, 0.25) is 0 Å². The molecule has 0 aromatic carbocycles. The molecular formula is C3H11N2O3P. The van der Waals surface area contributed by atoms with Crippen LogP contribution in [-0.2, 0) is 9.09 Å². The molecule has 0 spiro atoms. The van der Waals surface area contributed by atoms with Gasteiger partial charge in [0.2, 0.25) is 0 Å². The van der Waals surface area contributed by atoms with Crippen molar-refractivity contribution in [2.45, 2.75) is 6.92 Å². The van der Waals surface area contributed by atoms with Crippen molar-refractivity contribution in [2.75, 3.05) is 6.61 Å². The average Bonchev–Trinajstić information content (AvgIpc) is 1.67. The third kappa shape index (κ3) is 5.49. The lowest BCUT2D eigenvalue weighted by Crippen LogP contribution is -2.02. The van der Waals surface area contributed by atoms with Gasteiger partial charge in [-0.15, -0.1) is 0 Å². The van der Waals surface area contributed by atoms with E-state index in [1.165, 1.54) is 0 Å². The molecule has 9 heavy (non-hydrogen) atoms. The van der Waals surface area contributed by atoms with Crippen LogP contribution in [-0.4, -0.2) is 12.3 Å². The highest BCUT2D eigenvalue weighted by atomic mass is 31.1. The summed E-state index contributed by atoms with van der Waals surface area (Å²) in [6, 6.07) is 0. The maximum atomic E-state index is 10.2. The lowest BCUT2D eigenvalue weighted by molar-refractivity contribution is 0.259. The van der Waals surface area contributed by atoms with E-state index < -0.39 is 13.7 Å². The second-order valence-corrected chi connectivity index (χ2v) is 2.44. The third-order valence-electron chi connectivity index (χ3n) is 0.477. The van der Waals surface area contributed by atoms with Gasteiger partial charge in [0, 0.05) is 0 Å². The lowest BCUT2D eigenvalue weighted by atomic mass is 10.9. The van der Waals surface area contributed by atoms with Gasteiger partial charge >= 0.3 is 0 Å². The first kappa shape index (κ1) is 11.4. The van der Waals surface area contributed by atoms with Gasteiger partial charge in [0.1, 0.15) is 0 Å². The maximum absolute atomic E-state index is 10.2. The normalized spacial score (nSPS) is 11.7. The van der Waals surface area contributed by atoms with E-state index in [2.05, 4.69) is 10.3 Å². The Bertz CT molecular complexity index is 116. The monoisotopic (exact) mass is 154 g/mol. The maximum Gasteiger partial charge on any atom is 0.300 e. The predicted molar refractivity (Wildman–Crippen MR) is 35.2 cm³/mol. The van der Waals surface area contributed by atoms with Crippen molar-refractivity contribution in [3.63, 3.8) is 0 Å². The Kier molecular flexibility index (Phi) is 7.30. The van der Waals surface area contributed by atoms with Crippen LogP contribution < -0.4 is 11.9 Å². The van der Waals surface area contributed by atoms with Crippen molar-refractivity contribution in [2.24, 2.45) is 5.73 Å². The van der Waals surface area contributed by atoms with Crippen LogP contribution in [0.4, 0.5) is 4.79 Å². The average molecular weight is 154 g/mol. The van der Waals surface area contributed by atoms with Crippen LogP contribution in [0.25, 0.3) is 0 Å². The minimum Gasteiger partial charge on any atom is -0.361 e. The molecule has 1 unspecified atom stereocenters. The molecule has 0 saturated carbocycles. The van der Waals surface area contributed by atoms with E-state index in [1.807, 2.05) is 0 Å². The van der Waals surface area contributed by atoms with Crippen molar-refractivity contribution in [1.29, 1.82) is 0 Å². The van der Waals surface area contributed by atoms with Gasteiger partial charge in [-0.05, 0) is 6.92 Å². The van der Waals surface area contributed by atoms with E-state index in [0.29, 0.717) is 0 Å². The van der Waals surface area contributed by atoms with E-state index in [4.69, 9.17) is 0 Å². The molecule has 1 amide bonds. The summed E-state index contributed by atoms with van der Waals surface area (Å²) in [5.74, 6) is 0. The van der Waals surface area contributed by atoms with E-state index >= 15 is 0 Å². The summed E-state index contributed by atoms with van der Waals surface area (Å²) in [4.78, 5) is 9.92. The highest BCUT2D eigenvalue weighted by molar-refractivity contribution is 7.58. The van der Waals surface area contributed by atoms with E-state index in [1.54, 1.807) is 6.92 Å². The number of amides is 1. The Morgan fingerprint density at radius 2 is 2.22 bits per heavy atom. The zero-order valence-corrected chi connectivity index (χ0v) is 6.22. The van der Waals surface area contributed by atoms with E-state index in [0.717, 1.165) is 0 Å². The molecule has 0 aliphatic carbocycles. The first-order valence-corrected chi connectivity index (χ1v) is 3.46. The second-order valence-electron chi connectivity index (χ2n) is 1.08. The van der Waals surface area contributed by atoms with Gasteiger partial charge in [0.05, 0.1) is 6.61 Å². The summed E-state index contributed by atoms with van der Waals surface area (Å²) in [6.07, 6.45) is 0.